The summed E-state index contributed by atoms with van der Waals surface area (Å²) in [6.07, 6.45) is 0.883. The van der Waals surface area contributed by atoms with Gasteiger partial charge in [0.05, 0.1) is 13.0 Å². The number of halogens is 1. The van der Waals surface area contributed by atoms with Gasteiger partial charge in [-0.2, -0.15) is 0 Å². The van der Waals surface area contributed by atoms with E-state index in [1.807, 2.05) is 25.1 Å². The van der Waals surface area contributed by atoms with E-state index in [1.165, 1.54) is 12.7 Å². The van der Waals surface area contributed by atoms with Crippen molar-refractivity contribution >= 4 is 17.6 Å². The second-order valence-electron chi connectivity index (χ2n) is 3.93. The predicted molar refractivity (Wildman–Crippen MR) is 59.1 cm³/mol. The number of hydrogen-bond acceptors (Lipinski definition) is 2. The first-order valence-corrected chi connectivity index (χ1v) is 5.35. The number of hydrogen-bond donors (Lipinski definition) is 0. The number of benzene rings is 1. The minimum absolute atomic E-state index is 0.0344. The van der Waals surface area contributed by atoms with Crippen LogP contribution in [0.15, 0.2) is 18.2 Å². The van der Waals surface area contributed by atoms with Gasteiger partial charge >= 0.3 is 5.97 Å². The number of carbonyl (C=O) groups is 1. The summed E-state index contributed by atoms with van der Waals surface area (Å²) in [5.74, 6) is 0.225. The van der Waals surface area contributed by atoms with E-state index in [4.69, 9.17) is 16.3 Å². The van der Waals surface area contributed by atoms with Gasteiger partial charge in [0, 0.05) is 5.02 Å². The molecule has 0 saturated heterocycles. The van der Waals surface area contributed by atoms with E-state index < -0.39 is 0 Å². The topological polar surface area (TPSA) is 26.3 Å². The Hall–Kier alpha value is -1.02. The summed E-state index contributed by atoms with van der Waals surface area (Å²) >= 11 is 6.03. The van der Waals surface area contributed by atoms with E-state index >= 15 is 0 Å². The van der Waals surface area contributed by atoms with Crippen molar-refractivity contribution in [2.24, 2.45) is 5.92 Å². The Morgan fingerprint density at radius 3 is 2.93 bits per heavy atom. The Morgan fingerprint density at radius 1 is 1.53 bits per heavy atom. The summed E-state index contributed by atoms with van der Waals surface area (Å²) in [5, 5.41) is 0.767. The van der Waals surface area contributed by atoms with Crippen molar-refractivity contribution in [2.75, 3.05) is 7.11 Å². The summed E-state index contributed by atoms with van der Waals surface area (Å²) < 4.78 is 4.72. The van der Waals surface area contributed by atoms with Gasteiger partial charge < -0.3 is 4.74 Å². The minimum atomic E-state index is -0.112. The molecule has 1 fully saturated rings. The molecule has 0 N–H and O–H groups in total. The Labute approximate surface area is 94.2 Å². The zero-order chi connectivity index (χ0) is 11.0. The highest BCUT2D eigenvalue weighted by molar-refractivity contribution is 6.31. The first-order chi connectivity index (χ1) is 7.15. The lowest BCUT2D eigenvalue weighted by Crippen LogP contribution is -2.04. The van der Waals surface area contributed by atoms with Crippen LogP contribution >= 0.6 is 11.6 Å². The second-order valence-corrected chi connectivity index (χ2v) is 4.33. The molecule has 0 amide bonds. The van der Waals surface area contributed by atoms with Crippen LogP contribution in [0.4, 0.5) is 0 Å². The van der Waals surface area contributed by atoms with Crippen molar-refractivity contribution < 1.29 is 9.53 Å². The molecule has 0 spiro atoms. The van der Waals surface area contributed by atoms with Crippen molar-refractivity contribution in [1.29, 1.82) is 0 Å². The van der Waals surface area contributed by atoms with Crippen LogP contribution in [0.3, 0.4) is 0 Å². The fourth-order valence-electron chi connectivity index (χ4n) is 1.98. The van der Waals surface area contributed by atoms with Crippen LogP contribution in [0.25, 0.3) is 0 Å². The molecule has 0 radical (unpaired) electrons. The maximum absolute atomic E-state index is 11.3. The Bertz CT molecular complexity index is 401. The number of ether oxygens (including phenoxy) is 1. The van der Waals surface area contributed by atoms with Crippen molar-refractivity contribution in [3.8, 4) is 0 Å². The molecule has 1 aliphatic carbocycles. The predicted octanol–water partition coefficient (Wildman–Crippen LogP) is 2.92. The molecule has 2 rings (SSSR count). The molecular formula is C12H13ClO2. The molecule has 0 aliphatic heterocycles. The SMILES string of the molecule is COC(=O)C1CC1c1cccc(Cl)c1C. The average Bonchev–Trinajstić information content (AvgIpc) is 3.01. The van der Waals surface area contributed by atoms with Gasteiger partial charge in [0.25, 0.3) is 0 Å². The maximum atomic E-state index is 11.3. The lowest BCUT2D eigenvalue weighted by Gasteiger charge is -2.06. The zero-order valence-electron chi connectivity index (χ0n) is 8.79. The third-order valence-corrected chi connectivity index (χ3v) is 3.41. The van der Waals surface area contributed by atoms with Crippen LogP contribution in [-0.2, 0) is 9.53 Å². The van der Waals surface area contributed by atoms with Crippen molar-refractivity contribution in [3.63, 3.8) is 0 Å². The lowest BCUT2D eigenvalue weighted by atomic mass is 10.0. The molecule has 0 bridgehead atoms. The van der Waals surface area contributed by atoms with E-state index in [1.54, 1.807) is 0 Å². The van der Waals surface area contributed by atoms with E-state index in [9.17, 15) is 4.79 Å². The Kier molecular flexibility index (Phi) is 2.70. The normalized spacial score (nSPS) is 23.7. The van der Waals surface area contributed by atoms with Gasteiger partial charge in [-0.25, -0.2) is 0 Å². The molecule has 0 aromatic heterocycles. The highest BCUT2D eigenvalue weighted by Crippen LogP contribution is 2.49. The molecule has 15 heavy (non-hydrogen) atoms. The van der Waals surface area contributed by atoms with Crippen molar-refractivity contribution in [1.82, 2.24) is 0 Å². The monoisotopic (exact) mass is 224 g/mol. The van der Waals surface area contributed by atoms with Crippen molar-refractivity contribution in [3.05, 3.63) is 34.3 Å². The largest absolute Gasteiger partial charge is 0.469 e. The zero-order valence-corrected chi connectivity index (χ0v) is 9.54. The summed E-state index contributed by atoms with van der Waals surface area (Å²) in [4.78, 5) is 11.3. The van der Waals surface area contributed by atoms with Gasteiger partial charge in [-0.05, 0) is 36.5 Å². The minimum Gasteiger partial charge on any atom is -0.469 e. The average molecular weight is 225 g/mol. The molecule has 80 valence electrons. The first-order valence-electron chi connectivity index (χ1n) is 4.98. The Balaban J connectivity index is 2.20. The summed E-state index contributed by atoms with van der Waals surface area (Å²) in [6.45, 7) is 1.99. The van der Waals surface area contributed by atoms with Crippen LogP contribution in [0.2, 0.25) is 5.02 Å². The molecule has 1 saturated carbocycles. The third-order valence-electron chi connectivity index (χ3n) is 3.00. The van der Waals surface area contributed by atoms with Gasteiger partial charge in [0.15, 0.2) is 0 Å². The Morgan fingerprint density at radius 2 is 2.27 bits per heavy atom. The molecule has 1 aromatic carbocycles. The smallest absolute Gasteiger partial charge is 0.309 e. The fraction of sp³-hybridized carbons (Fsp3) is 0.417. The molecular weight excluding hydrogens is 212 g/mol. The fourth-order valence-corrected chi connectivity index (χ4v) is 2.16. The maximum Gasteiger partial charge on any atom is 0.309 e. The quantitative estimate of drug-likeness (QED) is 0.722. The lowest BCUT2D eigenvalue weighted by molar-refractivity contribution is -0.142. The number of carbonyl (C=O) groups excluding carboxylic acids is 1. The van der Waals surface area contributed by atoms with Crippen molar-refractivity contribution in [2.45, 2.75) is 19.3 Å². The standard InChI is InChI=1S/C12H13ClO2/c1-7-8(4-3-5-11(7)13)9-6-10(9)12(14)15-2/h3-5,9-10H,6H2,1-2H3. The summed E-state index contributed by atoms with van der Waals surface area (Å²) in [6, 6.07) is 5.84. The number of methoxy groups -OCH3 is 1. The van der Waals surface area contributed by atoms with E-state index in [2.05, 4.69) is 0 Å². The van der Waals surface area contributed by atoms with E-state index in [0.29, 0.717) is 5.92 Å². The second kappa shape index (κ2) is 3.86. The molecule has 2 nitrogen and oxygen atoms in total. The van der Waals surface area contributed by atoms with Crippen LogP contribution in [0.1, 0.15) is 23.5 Å². The highest BCUT2D eigenvalue weighted by atomic mass is 35.5. The summed E-state index contributed by atoms with van der Waals surface area (Å²) in [5.41, 5.74) is 2.26. The molecule has 1 aromatic rings. The van der Waals surface area contributed by atoms with E-state index in [0.717, 1.165) is 17.0 Å². The third kappa shape index (κ3) is 1.86. The number of esters is 1. The molecule has 2 unspecified atom stereocenters. The van der Waals surface area contributed by atoms with Gasteiger partial charge in [0.1, 0.15) is 0 Å². The van der Waals surface area contributed by atoms with Crippen LogP contribution < -0.4 is 0 Å². The molecule has 1 aliphatic rings. The highest BCUT2D eigenvalue weighted by Gasteiger charge is 2.45. The van der Waals surface area contributed by atoms with Gasteiger partial charge in [-0.15, -0.1) is 0 Å². The molecule has 3 heteroatoms. The number of rotatable bonds is 2. The van der Waals surface area contributed by atoms with Crippen LogP contribution in [-0.4, -0.2) is 13.1 Å². The van der Waals surface area contributed by atoms with Crippen LogP contribution in [0.5, 0.6) is 0 Å². The molecule has 2 atom stereocenters. The first kappa shape index (κ1) is 10.5. The van der Waals surface area contributed by atoms with Crippen LogP contribution in [0, 0.1) is 12.8 Å². The van der Waals surface area contributed by atoms with E-state index in [-0.39, 0.29) is 11.9 Å². The van der Waals surface area contributed by atoms with Gasteiger partial charge in [-0.3, -0.25) is 4.79 Å². The van der Waals surface area contributed by atoms with Gasteiger partial charge in [0.2, 0.25) is 0 Å². The molecule has 0 heterocycles. The summed E-state index contributed by atoms with van der Waals surface area (Å²) in [7, 11) is 1.43. The van der Waals surface area contributed by atoms with Gasteiger partial charge in [-0.1, -0.05) is 23.7 Å².